The molecule has 1 fully saturated rings. The summed E-state index contributed by atoms with van der Waals surface area (Å²) < 4.78 is 15.2. The number of amides is 1. The number of nitrogens with zero attached hydrogens (tertiary/aromatic N) is 5. The summed E-state index contributed by atoms with van der Waals surface area (Å²) >= 11 is 0. The van der Waals surface area contributed by atoms with E-state index in [2.05, 4.69) is 26.7 Å². The van der Waals surface area contributed by atoms with Gasteiger partial charge in [-0.25, -0.2) is 4.39 Å². The quantitative estimate of drug-likeness (QED) is 0.841. The molecule has 1 aromatic carbocycles. The first kappa shape index (κ1) is 17.1. The second kappa shape index (κ2) is 7.15. The second-order valence-electron chi connectivity index (χ2n) is 7.21. The Morgan fingerprint density at radius 2 is 2.00 bits per heavy atom. The average Bonchev–Trinajstić information content (AvgIpc) is 3.26. The van der Waals surface area contributed by atoms with Gasteiger partial charge in [0.2, 0.25) is 5.91 Å². The zero-order valence-corrected chi connectivity index (χ0v) is 15.1. The lowest BCUT2D eigenvalue weighted by Crippen LogP contribution is -2.39. The highest BCUT2D eigenvalue weighted by atomic mass is 19.1. The third kappa shape index (κ3) is 3.35. The van der Waals surface area contributed by atoms with Crippen molar-refractivity contribution < 1.29 is 9.18 Å². The fraction of sp³-hybridized carbons (Fsp3) is 0.526. The Balaban J connectivity index is 1.38. The van der Waals surface area contributed by atoms with Gasteiger partial charge in [-0.2, -0.15) is 0 Å². The number of fused-ring (bicyclic) bond motifs is 1. The number of benzene rings is 1. The van der Waals surface area contributed by atoms with Crippen LogP contribution in [0.2, 0.25) is 0 Å². The van der Waals surface area contributed by atoms with E-state index in [1.165, 1.54) is 18.6 Å². The summed E-state index contributed by atoms with van der Waals surface area (Å²) in [5.41, 5.74) is 0.978. The molecule has 4 rings (SSSR count). The molecule has 0 bridgehead atoms. The van der Waals surface area contributed by atoms with E-state index in [9.17, 15) is 9.18 Å². The van der Waals surface area contributed by atoms with E-state index in [1.807, 2.05) is 4.90 Å². The molecule has 1 saturated heterocycles. The van der Waals surface area contributed by atoms with Crippen molar-refractivity contribution in [2.45, 2.75) is 44.8 Å². The van der Waals surface area contributed by atoms with Crippen LogP contribution >= 0.6 is 0 Å². The zero-order chi connectivity index (χ0) is 18.1. The molecule has 7 heteroatoms. The molecule has 1 aromatic heterocycles. The van der Waals surface area contributed by atoms with Gasteiger partial charge in [0.1, 0.15) is 5.82 Å². The van der Waals surface area contributed by atoms with Gasteiger partial charge in [0.15, 0.2) is 11.6 Å². The van der Waals surface area contributed by atoms with E-state index in [1.54, 1.807) is 12.1 Å². The Labute approximate surface area is 152 Å². The molecule has 3 heterocycles. The minimum Gasteiger partial charge on any atom is -0.333 e. The molecule has 0 N–H and O–H groups in total. The lowest BCUT2D eigenvalue weighted by Gasteiger charge is -2.29. The number of halogens is 1. The third-order valence-corrected chi connectivity index (χ3v) is 5.49. The summed E-state index contributed by atoms with van der Waals surface area (Å²) in [6.07, 6.45) is 3.37. The molecule has 1 atom stereocenters. The van der Waals surface area contributed by atoms with Gasteiger partial charge >= 0.3 is 0 Å². The number of rotatable bonds is 4. The number of likely N-dealkylation sites (tertiary alicyclic amines) is 1. The van der Waals surface area contributed by atoms with Crippen LogP contribution < -0.4 is 0 Å². The molecule has 0 aliphatic carbocycles. The van der Waals surface area contributed by atoms with Crippen LogP contribution in [0.25, 0.3) is 0 Å². The Hall–Kier alpha value is -2.28. The van der Waals surface area contributed by atoms with Crippen LogP contribution in [0, 0.1) is 5.82 Å². The van der Waals surface area contributed by atoms with E-state index in [4.69, 9.17) is 0 Å². The topological polar surface area (TPSA) is 54.3 Å². The van der Waals surface area contributed by atoms with Gasteiger partial charge in [-0.1, -0.05) is 12.1 Å². The van der Waals surface area contributed by atoms with E-state index >= 15 is 0 Å². The summed E-state index contributed by atoms with van der Waals surface area (Å²) in [5.74, 6) is 1.78. The lowest BCUT2D eigenvalue weighted by atomic mass is 10.1. The SMILES string of the molecule is CN1CCCC1c1nnc2n1CCN(C(=O)CCc1ccc(F)cc1)C2. The molecule has 2 aromatic rings. The van der Waals surface area contributed by atoms with E-state index in [0.29, 0.717) is 32.0 Å². The fourth-order valence-electron chi connectivity index (χ4n) is 3.94. The fourth-order valence-corrected chi connectivity index (χ4v) is 3.94. The Morgan fingerprint density at radius 3 is 2.73 bits per heavy atom. The maximum atomic E-state index is 13.0. The van der Waals surface area contributed by atoms with Crippen molar-refractivity contribution in [3.8, 4) is 0 Å². The van der Waals surface area contributed by atoms with Crippen LogP contribution in [0.3, 0.4) is 0 Å². The lowest BCUT2D eigenvalue weighted by molar-refractivity contribution is -0.132. The molecule has 1 unspecified atom stereocenters. The highest BCUT2D eigenvalue weighted by molar-refractivity contribution is 5.76. The highest BCUT2D eigenvalue weighted by Gasteiger charge is 2.31. The van der Waals surface area contributed by atoms with Crippen LogP contribution in [-0.4, -0.2) is 50.6 Å². The molecule has 2 aliphatic rings. The van der Waals surface area contributed by atoms with Crippen LogP contribution in [0.5, 0.6) is 0 Å². The number of aromatic nitrogens is 3. The third-order valence-electron chi connectivity index (χ3n) is 5.49. The van der Waals surface area contributed by atoms with Crippen molar-refractivity contribution in [3.63, 3.8) is 0 Å². The summed E-state index contributed by atoms with van der Waals surface area (Å²) in [6.45, 7) is 3.06. The second-order valence-corrected chi connectivity index (χ2v) is 7.21. The highest BCUT2D eigenvalue weighted by Crippen LogP contribution is 2.30. The smallest absolute Gasteiger partial charge is 0.223 e. The monoisotopic (exact) mass is 357 g/mol. The molecule has 2 aliphatic heterocycles. The van der Waals surface area contributed by atoms with Crippen LogP contribution in [0.15, 0.2) is 24.3 Å². The molecular weight excluding hydrogens is 333 g/mol. The zero-order valence-electron chi connectivity index (χ0n) is 15.1. The molecule has 0 spiro atoms. The molecule has 0 saturated carbocycles. The van der Waals surface area contributed by atoms with Crippen LogP contribution in [0.4, 0.5) is 4.39 Å². The Morgan fingerprint density at radius 1 is 1.19 bits per heavy atom. The number of carbonyl (C=O) groups excluding carboxylic acids is 1. The first-order valence-electron chi connectivity index (χ1n) is 9.26. The number of hydrogen-bond donors (Lipinski definition) is 0. The van der Waals surface area contributed by atoms with Crippen molar-refractivity contribution in [1.82, 2.24) is 24.6 Å². The first-order chi connectivity index (χ1) is 12.6. The van der Waals surface area contributed by atoms with Gasteiger partial charge < -0.3 is 9.47 Å². The van der Waals surface area contributed by atoms with Gasteiger partial charge in [-0.05, 0) is 50.6 Å². The van der Waals surface area contributed by atoms with Gasteiger partial charge in [-0.3, -0.25) is 9.69 Å². The van der Waals surface area contributed by atoms with Crippen molar-refractivity contribution >= 4 is 5.91 Å². The average molecular weight is 357 g/mol. The van der Waals surface area contributed by atoms with Crippen molar-refractivity contribution in [2.24, 2.45) is 0 Å². The number of carbonyl (C=O) groups is 1. The molecular formula is C19H24FN5O. The Kier molecular flexibility index (Phi) is 4.72. The number of hydrogen-bond acceptors (Lipinski definition) is 4. The predicted molar refractivity (Wildman–Crippen MR) is 94.8 cm³/mol. The largest absolute Gasteiger partial charge is 0.333 e. The van der Waals surface area contributed by atoms with E-state index < -0.39 is 0 Å². The predicted octanol–water partition coefficient (Wildman–Crippen LogP) is 2.16. The molecule has 6 nitrogen and oxygen atoms in total. The number of aryl methyl sites for hydroxylation is 1. The van der Waals surface area contributed by atoms with Crippen molar-refractivity contribution in [3.05, 3.63) is 47.3 Å². The van der Waals surface area contributed by atoms with Gasteiger partial charge in [0.05, 0.1) is 12.6 Å². The Bertz CT molecular complexity index is 788. The minimum atomic E-state index is -0.251. The maximum absolute atomic E-state index is 13.0. The van der Waals surface area contributed by atoms with Crippen molar-refractivity contribution in [2.75, 3.05) is 20.1 Å². The first-order valence-corrected chi connectivity index (χ1v) is 9.26. The molecule has 1 amide bonds. The normalized spacial score (nSPS) is 20.4. The summed E-state index contributed by atoms with van der Waals surface area (Å²) in [5, 5.41) is 8.77. The van der Waals surface area contributed by atoms with Gasteiger partial charge in [0.25, 0.3) is 0 Å². The summed E-state index contributed by atoms with van der Waals surface area (Å²) in [4.78, 5) is 16.7. The standard InChI is InChI=1S/C19H24FN5O/c1-23-10-2-3-16(23)19-22-21-17-13-24(11-12-25(17)19)18(26)9-6-14-4-7-15(20)8-5-14/h4-5,7-8,16H,2-3,6,9-13H2,1H3. The van der Waals surface area contributed by atoms with Crippen molar-refractivity contribution in [1.29, 1.82) is 0 Å². The molecule has 138 valence electrons. The van der Waals surface area contributed by atoms with Gasteiger partial charge in [-0.15, -0.1) is 10.2 Å². The van der Waals surface area contributed by atoms with Gasteiger partial charge in [0, 0.05) is 19.5 Å². The summed E-state index contributed by atoms with van der Waals surface area (Å²) in [7, 11) is 2.13. The van der Waals surface area contributed by atoms with Crippen LogP contribution in [0.1, 0.15) is 42.5 Å². The minimum absolute atomic E-state index is 0.114. The van der Waals surface area contributed by atoms with E-state index in [-0.39, 0.29) is 11.7 Å². The molecule has 0 radical (unpaired) electrons. The molecule has 26 heavy (non-hydrogen) atoms. The van der Waals surface area contributed by atoms with Crippen LogP contribution in [-0.2, 0) is 24.3 Å². The summed E-state index contributed by atoms with van der Waals surface area (Å²) in [6, 6.07) is 6.69. The van der Waals surface area contributed by atoms with E-state index in [0.717, 1.165) is 36.7 Å². The maximum Gasteiger partial charge on any atom is 0.223 e.